The molecule has 20 heavy (non-hydrogen) atoms. The van der Waals surface area contributed by atoms with Crippen LogP contribution in [0.3, 0.4) is 0 Å². The summed E-state index contributed by atoms with van der Waals surface area (Å²) in [6, 6.07) is 3.30. The summed E-state index contributed by atoms with van der Waals surface area (Å²) in [5.74, 6) is 1.69. The van der Waals surface area contributed by atoms with Gasteiger partial charge in [0.25, 0.3) is 0 Å². The highest BCUT2D eigenvalue weighted by Gasteiger charge is 2.34. The highest BCUT2D eigenvalue weighted by Crippen LogP contribution is 2.37. The lowest BCUT2D eigenvalue weighted by molar-refractivity contribution is -0.137. The van der Waals surface area contributed by atoms with Crippen LogP contribution >= 0.6 is 0 Å². The number of carbonyl (C=O) groups is 1. The van der Waals surface area contributed by atoms with E-state index in [0.29, 0.717) is 0 Å². The first-order valence-electron chi connectivity index (χ1n) is 5.57. The first-order valence-corrected chi connectivity index (χ1v) is 5.57. The van der Waals surface area contributed by atoms with Crippen LogP contribution in [0.5, 0.6) is 5.75 Å². The molecule has 0 fully saturated rings. The number of nitrogens with one attached hydrogen (secondary N) is 2. The smallest absolute Gasteiger partial charge is 0.418 e. The highest BCUT2D eigenvalue weighted by atomic mass is 19.4. The molecule has 0 aliphatic carbocycles. The third kappa shape index (κ3) is 4.48. The SMILES string of the molecule is C#CCNCC(=O)Nc1ccc(OC)cc1C(F)(F)F. The lowest BCUT2D eigenvalue weighted by Gasteiger charge is -2.15. The highest BCUT2D eigenvalue weighted by molar-refractivity contribution is 5.93. The Hall–Kier alpha value is -2.20. The fraction of sp³-hybridized carbons (Fsp3) is 0.308. The summed E-state index contributed by atoms with van der Waals surface area (Å²) in [7, 11) is 1.26. The van der Waals surface area contributed by atoms with Gasteiger partial charge in [0.1, 0.15) is 5.75 Å². The summed E-state index contributed by atoms with van der Waals surface area (Å²) in [6.45, 7) is -0.0182. The average molecular weight is 286 g/mol. The van der Waals surface area contributed by atoms with Crippen molar-refractivity contribution in [1.82, 2.24) is 5.32 Å². The quantitative estimate of drug-likeness (QED) is 0.642. The van der Waals surface area contributed by atoms with Crippen LogP contribution < -0.4 is 15.4 Å². The van der Waals surface area contributed by atoms with Crippen molar-refractivity contribution in [2.75, 3.05) is 25.5 Å². The van der Waals surface area contributed by atoms with Gasteiger partial charge < -0.3 is 10.1 Å². The molecule has 0 unspecified atom stereocenters. The third-order valence-corrected chi connectivity index (χ3v) is 2.32. The lowest BCUT2D eigenvalue weighted by Crippen LogP contribution is -2.29. The van der Waals surface area contributed by atoms with Gasteiger partial charge in [-0.05, 0) is 18.2 Å². The van der Waals surface area contributed by atoms with E-state index in [1.807, 2.05) is 0 Å². The molecule has 2 N–H and O–H groups in total. The molecular formula is C13H13F3N2O2. The van der Waals surface area contributed by atoms with Gasteiger partial charge in [-0.25, -0.2) is 0 Å². The maximum atomic E-state index is 12.9. The zero-order chi connectivity index (χ0) is 15.2. The summed E-state index contributed by atoms with van der Waals surface area (Å²) >= 11 is 0. The number of carbonyl (C=O) groups excluding carboxylic acids is 1. The van der Waals surface area contributed by atoms with Crippen molar-refractivity contribution in [2.24, 2.45) is 0 Å². The van der Waals surface area contributed by atoms with Crippen LogP contribution in [0, 0.1) is 12.3 Å². The molecule has 0 atom stereocenters. The number of anilines is 1. The first kappa shape index (κ1) is 15.9. The summed E-state index contributed by atoms with van der Waals surface area (Å²) in [4.78, 5) is 11.5. The fourth-order valence-corrected chi connectivity index (χ4v) is 1.44. The molecule has 0 radical (unpaired) electrons. The molecule has 1 rings (SSSR count). The monoisotopic (exact) mass is 286 g/mol. The van der Waals surface area contributed by atoms with Crippen LogP contribution in [0.25, 0.3) is 0 Å². The minimum Gasteiger partial charge on any atom is -0.497 e. The van der Waals surface area contributed by atoms with Crippen molar-refractivity contribution in [2.45, 2.75) is 6.18 Å². The summed E-state index contributed by atoms with van der Waals surface area (Å²) in [5, 5.41) is 4.76. The van der Waals surface area contributed by atoms with Crippen LogP contribution in [-0.2, 0) is 11.0 Å². The van der Waals surface area contributed by atoms with Crippen LogP contribution in [0.1, 0.15) is 5.56 Å². The van der Waals surface area contributed by atoms with Gasteiger partial charge in [-0.1, -0.05) is 5.92 Å². The Labute approximate surface area is 114 Å². The molecule has 0 aliphatic rings. The second-order valence-corrected chi connectivity index (χ2v) is 3.77. The van der Waals surface area contributed by atoms with E-state index in [0.717, 1.165) is 12.1 Å². The summed E-state index contributed by atoms with van der Waals surface area (Å²) in [5.41, 5.74) is -1.30. The van der Waals surface area contributed by atoms with Crippen LogP contribution in [0.2, 0.25) is 0 Å². The predicted octanol–water partition coefficient (Wildman–Crippen LogP) is 1.88. The van der Waals surface area contributed by atoms with E-state index in [4.69, 9.17) is 11.2 Å². The topological polar surface area (TPSA) is 50.4 Å². The molecule has 0 aromatic heterocycles. The number of ether oxygens (including phenoxy) is 1. The third-order valence-electron chi connectivity index (χ3n) is 2.32. The molecule has 1 aromatic rings. The summed E-state index contributed by atoms with van der Waals surface area (Å²) < 4.78 is 43.4. The number of halogens is 3. The number of amides is 1. The maximum Gasteiger partial charge on any atom is 0.418 e. The molecule has 0 spiro atoms. The second kappa shape index (κ2) is 6.82. The van der Waals surface area contributed by atoms with E-state index < -0.39 is 17.6 Å². The van der Waals surface area contributed by atoms with Gasteiger partial charge in [-0.15, -0.1) is 6.42 Å². The Balaban J connectivity index is 2.89. The van der Waals surface area contributed by atoms with Gasteiger partial charge in [-0.3, -0.25) is 10.1 Å². The number of methoxy groups -OCH3 is 1. The minimum absolute atomic E-state index is 0.0563. The van der Waals surface area contributed by atoms with E-state index in [9.17, 15) is 18.0 Å². The van der Waals surface area contributed by atoms with E-state index in [1.165, 1.54) is 13.2 Å². The zero-order valence-corrected chi connectivity index (χ0v) is 10.7. The van der Waals surface area contributed by atoms with Crippen molar-refractivity contribution in [3.05, 3.63) is 23.8 Å². The maximum absolute atomic E-state index is 12.9. The lowest BCUT2D eigenvalue weighted by atomic mass is 10.1. The number of terminal acetylenes is 1. The molecule has 108 valence electrons. The number of rotatable bonds is 5. The van der Waals surface area contributed by atoms with Gasteiger partial charge in [0, 0.05) is 0 Å². The molecule has 0 saturated heterocycles. The van der Waals surface area contributed by atoms with Gasteiger partial charge in [-0.2, -0.15) is 13.2 Å². The number of benzene rings is 1. The molecule has 0 saturated carbocycles. The van der Waals surface area contributed by atoms with Gasteiger partial charge >= 0.3 is 6.18 Å². The molecule has 0 bridgehead atoms. The predicted molar refractivity (Wildman–Crippen MR) is 68.3 cm³/mol. The van der Waals surface area contributed by atoms with Crippen molar-refractivity contribution in [3.8, 4) is 18.1 Å². The second-order valence-electron chi connectivity index (χ2n) is 3.77. The minimum atomic E-state index is -4.59. The van der Waals surface area contributed by atoms with E-state index in [2.05, 4.69) is 16.6 Å². The average Bonchev–Trinajstić information content (AvgIpc) is 2.38. The fourth-order valence-electron chi connectivity index (χ4n) is 1.44. The van der Waals surface area contributed by atoms with E-state index in [1.54, 1.807) is 0 Å². The number of alkyl halides is 3. The van der Waals surface area contributed by atoms with Crippen molar-refractivity contribution in [1.29, 1.82) is 0 Å². The number of hydrogen-bond acceptors (Lipinski definition) is 3. The Morgan fingerprint density at radius 1 is 1.45 bits per heavy atom. The van der Waals surface area contributed by atoms with Gasteiger partial charge in [0.05, 0.1) is 31.5 Å². The van der Waals surface area contributed by atoms with Gasteiger partial charge in [0.2, 0.25) is 5.91 Å². The van der Waals surface area contributed by atoms with E-state index in [-0.39, 0.29) is 24.5 Å². The molecule has 0 aliphatic heterocycles. The van der Waals surface area contributed by atoms with Crippen molar-refractivity contribution >= 4 is 11.6 Å². The normalized spacial score (nSPS) is 10.8. The Morgan fingerprint density at radius 3 is 2.70 bits per heavy atom. The molecule has 1 aromatic carbocycles. The standard InChI is InChI=1S/C13H13F3N2O2/c1-3-6-17-8-12(19)18-11-5-4-9(20-2)7-10(11)13(14,15)16/h1,4-5,7,17H,6,8H2,2H3,(H,18,19). The molecular weight excluding hydrogens is 273 g/mol. The Morgan fingerprint density at radius 2 is 2.15 bits per heavy atom. The van der Waals surface area contributed by atoms with Crippen LogP contribution in [-0.4, -0.2) is 26.1 Å². The number of hydrogen-bond donors (Lipinski definition) is 2. The Bertz CT molecular complexity index is 521. The van der Waals surface area contributed by atoms with Gasteiger partial charge in [0.15, 0.2) is 0 Å². The molecule has 4 nitrogen and oxygen atoms in total. The van der Waals surface area contributed by atoms with Crippen molar-refractivity contribution < 1.29 is 22.7 Å². The zero-order valence-electron chi connectivity index (χ0n) is 10.7. The van der Waals surface area contributed by atoms with Crippen LogP contribution in [0.4, 0.5) is 18.9 Å². The molecule has 0 heterocycles. The molecule has 1 amide bonds. The van der Waals surface area contributed by atoms with Crippen LogP contribution in [0.15, 0.2) is 18.2 Å². The molecule has 7 heteroatoms. The van der Waals surface area contributed by atoms with Crippen molar-refractivity contribution in [3.63, 3.8) is 0 Å². The first-order chi connectivity index (χ1) is 9.38. The van der Waals surface area contributed by atoms with E-state index >= 15 is 0 Å². The summed E-state index contributed by atoms with van der Waals surface area (Å²) in [6.07, 6.45) is 0.380. The largest absolute Gasteiger partial charge is 0.497 e. The Kier molecular flexibility index (Phi) is 5.41.